The Morgan fingerprint density at radius 3 is 2.41 bits per heavy atom. The van der Waals surface area contributed by atoms with E-state index in [1.807, 2.05) is 24.3 Å². The Hall–Kier alpha value is -2.05. The Balaban J connectivity index is 2.05. The lowest BCUT2D eigenvalue weighted by Crippen LogP contribution is -2.07. The van der Waals surface area contributed by atoms with Gasteiger partial charge in [-0.25, -0.2) is 0 Å². The van der Waals surface area contributed by atoms with Gasteiger partial charge in [0.1, 0.15) is 0 Å². The van der Waals surface area contributed by atoms with Crippen LogP contribution >= 0.6 is 15.9 Å². The maximum Gasteiger partial charge on any atom is 0.282 e. The zero-order valence-electron chi connectivity index (χ0n) is 11.2. The number of carbonyl (C=O) groups excluding carboxylic acids is 1. The smallest absolute Gasteiger partial charge is 0.282 e. The minimum atomic E-state index is -3.83. The number of carbonyl (C=O) groups is 1. The molecule has 0 fully saturated rings. The van der Waals surface area contributed by atoms with Crippen molar-refractivity contribution in [2.24, 2.45) is 4.40 Å². The number of ketones is 1. The zero-order valence-corrected chi connectivity index (χ0v) is 13.6. The van der Waals surface area contributed by atoms with Crippen LogP contribution in [0.4, 0.5) is 0 Å². The molecule has 0 aromatic heterocycles. The molecular weight excluding hydrogens is 366 g/mol. The van der Waals surface area contributed by atoms with Gasteiger partial charge in [-0.1, -0.05) is 30.3 Å². The van der Waals surface area contributed by atoms with Crippen molar-refractivity contribution in [2.75, 3.05) is 0 Å². The van der Waals surface area contributed by atoms with Gasteiger partial charge in [-0.05, 0) is 57.1 Å². The van der Waals surface area contributed by atoms with Crippen molar-refractivity contribution in [3.05, 3.63) is 65.2 Å². The van der Waals surface area contributed by atoms with Gasteiger partial charge >= 0.3 is 0 Å². The third-order valence-electron chi connectivity index (χ3n) is 3.16. The predicted octanol–water partition coefficient (Wildman–Crippen LogP) is 3.39. The van der Waals surface area contributed by atoms with Crippen molar-refractivity contribution in [2.45, 2.75) is 4.90 Å². The highest BCUT2D eigenvalue weighted by atomic mass is 79.9. The zero-order chi connectivity index (χ0) is 15.7. The molecular formula is C16H10BrNO3S. The Morgan fingerprint density at radius 1 is 0.955 bits per heavy atom. The molecule has 0 bridgehead atoms. The van der Waals surface area contributed by atoms with Crippen molar-refractivity contribution in [1.82, 2.24) is 0 Å². The molecule has 0 saturated heterocycles. The second-order valence-electron chi connectivity index (χ2n) is 4.69. The number of hydrogen-bond acceptors (Lipinski definition) is 3. The summed E-state index contributed by atoms with van der Waals surface area (Å²) in [6.07, 6.45) is 4.05. The van der Waals surface area contributed by atoms with Gasteiger partial charge in [0.05, 0.1) is 15.1 Å². The molecule has 2 aromatic carbocycles. The summed E-state index contributed by atoms with van der Waals surface area (Å²) in [7, 11) is -3.83. The summed E-state index contributed by atoms with van der Waals surface area (Å²) in [6, 6.07) is 12.4. The quantitative estimate of drug-likeness (QED) is 0.755. The van der Waals surface area contributed by atoms with Gasteiger partial charge in [0.2, 0.25) is 0 Å². The SMILES string of the molecule is O=C1C=CC(=NS(=O)(=O)c2ccc3ccccc3c2)C=C1Br. The lowest BCUT2D eigenvalue weighted by Gasteiger charge is -2.05. The van der Waals surface area contributed by atoms with Crippen molar-refractivity contribution < 1.29 is 13.2 Å². The summed E-state index contributed by atoms with van der Waals surface area (Å²) >= 11 is 3.08. The number of sulfonamides is 1. The molecule has 2 aromatic rings. The molecule has 0 amide bonds. The second-order valence-corrected chi connectivity index (χ2v) is 7.15. The largest absolute Gasteiger partial charge is 0.289 e. The molecule has 0 unspecified atom stereocenters. The minimum absolute atomic E-state index is 0.119. The van der Waals surface area contributed by atoms with Gasteiger partial charge in [-0.2, -0.15) is 12.8 Å². The molecule has 0 atom stereocenters. The van der Waals surface area contributed by atoms with Crippen LogP contribution in [-0.4, -0.2) is 19.9 Å². The first-order valence-electron chi connectivity index (χ1n) is 6.39. The van der Waals surface area contributed by atoms with Crippen LogP contribution in [0.15, 0.2) is 74.5 Å². The fourth-order valence-corrected chi connectivity index (χ4v) is 3.45. The third kappa shape index (κ3) is 2.93. The van der Waals surface area contributed by atoms with Crippen LogP contribution in [0.2, 0.25) is 0 Å². The third-order valence-corrected chi connectivity index (χ3v) is 5.08. The Kier molecular flexibility index (Phi) is 3.80. The van der Waals surface area contributed by atoms with Gasteiger partial charge in [-0.15, -0.1) is 0 Å². The fraction of sp³-hybridized carbons (Fsp3) is 0. The Morgan fingerprint density at radius 2 is 1.68 bits per heavy atom. The lowest BCUT2D eigenvalue weighted by atomic mass is 10.1. The molecule has 4 nitrogen and oxygen atoms in total. The highest BCUT2D eigenvalue weighted by molar-refractivity contribution is 9.12. The van der Waals surface area contributed by atoms with E-state index < -0.39 is 10.0 Å². The number of hydrogen-bond donors (Lipinski definition) is 0. The molecule has 0 saturated carbocycles. The van der Waals surface area contributed by atoms with E-state index in [0.717, 1.165) is 10.8 Å². The first kappa shape index (κ1) is 14.9. The van der Waals surface area contributed by atoms with E-state index >= 15 is 0 Å². The molecule has 22 heavy (non-hydrogen) atoms. The van der Waals surface area contributed by atoms with Crippen LogP contribution in [0.1, 0.15) is 0 Å². The number of halogens is 1. The fourth-order valence-electron chi connectivity index (χ4n) is 2.07. The molecule has 0 heterocycles. The lowest BCUT2D eigenvalue weighted by molar-refractivity contribution is -0.110. The molecule has 0 N–H and O–H groups in total. The predicted molar refractivity (Wildman–Crippen MR) is 89.7 cm³/mol. The van der Waals surface area contributed by atoms with Crippen molar-refractivity contribution in [3.63, 3.8) is 0 Å². The molecule has 0 radical (unpaired) electrons. The Labute approximate surface area is 136 Å². The standard InChI is InChI=1S/C16H10BrNO3S/c17-15-10-13(6-8-16(15)19)18-22(20,21)14-7-5-11-3-1-2-4-12(11)9-14/h1-10H. The van der Waals surface area contributed by atoms with Crippen molar-refractivity contribution >= 4 is 48.2 Å². The van der Waals surface area contributed by atoms with Gasteiger partial charge in [0.25, 0.3) is 10.0 Å². The summed E-state index contributed by atoms with van der Waals surface area (Å²) in [5.41, 5.74) is 0.208. The normalized spacial score (nSPS) is 17.0. The summed E-state index contributed by atoms with van der Waals surface area (Å²) in [5.74, 6) is -0.220. The molecule has 0 spiro atoms. The number of allylic oxidation sites excluding steroid dienone is 4. The number of rotatable bonds is 2. The van der Waals surface area contributed by atoms with Gasteiger partial charge in [-0.3, -0.25) is 4.79 Å². The first-order chi connectivity index (χ1) is 10.5. The molecule has 1 aliphatic rings. The topological polar surface area (TPSA) is 63.6 Å². The molecule has 1 aliphatic carbocycles. The van der Waals surface area contributed by atoms with E-state index in [0.29, 0.717) is 0 Å². The van der Waals surface area contributed by atoms with Gasteiger partial charge < -0.3 is 0 Å². The van der Waals surface area contributed by atoms with Crippen molar-refractivity contribution in [3.8, 4) is 0 Å². The van der Waals surface area contributed by atoms with Crippen LogP contribution in [0.3, 0.4) is 0 Å². The van der Waals surface area contributed by atoms with Crippen LogP contribution in [0.5, 0.6) is 0 Å². The maximum absolute atomic E-state index is 12.4. The molecule has 110 valence electrons. The van der Waals surface area contributed by atoms with E-state index in [1.54, 1.807) is 12.1 Å². The molecule has 0 aliphatic heterocycles. The van der Waals surface area contributed by atoms with E-state index in [-0.39, 0.29) is 20.9 Å². The van der Waals surface area contributed by atoms with Gasteiger partial charge in [0.15, 0.2) is 5.78 Å². The van der Waals surface area contributed by atoms with Gasteiger partial charge in [0, 0.05) is 0 Å². The maximum atomic E-state index is 12.4. The van der Waals surface area contributed by atoms with E-state index in [9.17, 15) is 13.2 Å². The average Bonchev–Trinajstić information content (AvgIpc) is 2.50. The monoisotopic (exact) mass is 375 g/mol. The minimum Gasteiger partial charge on any atom is -0.289 e. The highest BCUT2D eigenvalue weighted by Crippen LogP contribution is 2.21. The van der Waals surface area contributed by atoms with Crippen LogP contribution in [0, 0.1) is 0 Å². The van der Waals surface area contributed by atoms with E-state index in [4.69, 9.17) is 0 Å². The summed E-state index contributed by atoms with van der Waals surface area (Å²) in [5, 5.41) is 1.79. The highest BCUT2D eigenvalue weighted by Gasteiger charge is 2.16. The summed E-state index contributed by atoms with van der Waals surface area (Å²) < 4.78 is 28.8. The second kappa shape index (κ2) is 5.62. The first-order valence-corrected chi connectivity index (χ1v) is 8.62. The van der Waals surface area contributed by atoms with Crippen LogP contribution in [-0.2, 0) is 14.8 Å². The van der Waals surface area contributed by atoms with Crippen LogP contribution in [0.25, 0.3) is 10.8 Å². The van der Waals surface area contributed by atoms with Crippen molar-refractivity contribution in [1.29, 1.82) is 0 Å². The Bertz CT molecular complexity index is 972. The van der Waals surface area contributed by atoms with Crippen LogP contribution < -0.4 is 0 Å². The summed E-state index contributed by atoms with van der Waals surface area (Å²) in [6.45, 7) is 0. The van der Waals surface area contributed by atoms with E-state index in [2.05, 4.69) is 20.3 Å². The summed E-state index contributed by atoms with van der Waals surface area (Å²) in [4.78, 5) is 11.4. The molecule has 6 heteroatoms. The molecule has 3 rings (SSSR count). The number of nitrogens with zero attached hydrogens (tertiary/aromatic N) is 1. The average molecular weight is 376 g/mol. The number of benzene rings is 2. The number of fused-ring (bicyclic) bond motifs is 1. The van der Waals surface area contributed by atoms with E-state index in [1.165, 1.54) is 24.3 Å².